The fourth-order valence-electron chi connectivity index (χ4n) is 7.12. The molecule has 0 unspecified atom stereocenters. The molecule has 4 nitrogen and oxygen atoms in total. The van der Waals surface area contributed by atoms with E-state index >= 15 is 0 Å². The molecule has 0 N–H and O–H groups in total. The van der Waals surface area contributed by atoms with Gasteiger partial charge >= 0.3 is 0 Å². The van der Waals surface area contributed by atoms with Crippen LogP contribution >= 0.6 is 0 Å². The van der Waals surface area contributed by atoms with Gasteiger partial charge in [-0.15, -0.1) is 0 Å². The number of fused-ring (bicyclic) bond motifs is 8. The molecule has 0 atom stereocenters. The lowest BCUT2D eigenvalue weighted by molar-refractivity contribution is 1.37. The third-order valence-corrected chi connectivity index (χ3v) is 9.29. The van der Waals surface area contributed by atoms with Crippen molar-refractivity contribution in [1.29, 1.82) is 10.5 Å². The molecule has 4 heteroatoms. The van der Waals surface area contributed by atoms with Gasteiger partial charge in [-0.25, -0.2) is 0 Å². The minimum absolute atomic E-state index is 0.641. The van der Waals surface area contributed by atoms with E-state index in [9.17, 15) is 10.5 Å². The molecule has 0 saturated heterocycles. The van der Waals surface area contributed by atoms with Gasteiger partial charge in [0, 0.05) is 21.5 Å². The lowest BCUT2D eigenvalue weighted by Crippen LogP contribution is -2.00. The fraction of sp³-hybridized carbons (Fsp3) is 0. The second-order valence-corrected chi connectivity index (χ2v) is 11.7. The van der Waals surface area contributed by atoms with Crippen LogP contribution in [0.15, 0.2) is 143 Å². The molecule has 9 aromatic carbocycles. The molecule has 9 aromatic rings. The molecule has 210 valence electrons. The number of rotatable bonds is 2. The number of hydrogen-bond donors (Lipinski definition) is 0. The van der Waals surface area contributed by atoms with Crippen molar-refractivity contribution in [2.75, 3.05) is 0 Å². The molecule has 0 aliphatic rings. The van der Waals surface area contributed by atoms with Gasteiger partial charge in [-0.1, -0.05) is 97.1 Å². The van der Waals surface area contributed by atoms with E-state index in [0.29, 0.717) is 10.7 Å². The van der Waals surface area contributed by atoms with Crippen LogP contribution in [0.5, 0.6) is 0 Å². The van der Waals surface area contributed by atoms with Gasteiger partial charge in [0.25, 0.3) is 0 Å². The van der Waals surface area contributed by atoms with Crippen LogP contribution in [-0.2, 0) is 0 Å². The number of nitrogens with zero attached hydrogens (tertiary/aromatic N) is 4. The van der Waals surface area contributed by atoms with Crippen LogP contribution in [0.4, 0.5) is 0 Å². The van der Waals surface area contributed by atoms with Crippen LogP contribution in [0.3, 0.4) is 0 Å². The van der Waals surface area contributed by atoms with Crippen LogP contribution < -0.4 is 10.7 Å². The van der Waals surface area contributed by atoms with Gasteiger partial charge in [-0.05, 0) is 102 Å². The molecule has 0 spiro atoms. The zero-order chi connectivity index (χ0) is 30.8. The fourth-order valence-corrected chi connectivity index (χ4v) is 7.12. The van der Waals surface area contributed by atoms with Crippen LogP contribution in [-0.4, -0.2) is 0 Å². The summed E-state index contributed by atoms with van der Waals surface area (Å²) in [6, 6.07) is 46.6. The van der Waals surface area contributed by atoms with Crippen molar-refractivity contribution in [3.63, 3.8) is 0 Å². The van der Waals surface area contributed by atoms with E-state index < -0.39 is 0 Å². The molecule has 0 amide bonds. The summed E-state index contributed by atoms with van der Waals surface area (Å²) in [5.74, 6) is 0. The summed E-state index contributed by atoms with van der Waals surface area (Å²) in [7, 11) is 0. The third-order valence-electron chi connectivity index (χ3n) is 9.29. The molecule has 0 heterocycles. The maximum Gasteiger partial charge on any atom is 0.206 e. The van der Waals surface area contributed by atoms with Crippen molar-refractivity contribution in [2.45, 2.75) is 0 Å². The maximum absolute atomic E-state index is 9.75. The van der Waals surface area contributed by atoms with Crippen molar-refractivity contribution in [3.8, 4) is 34.6 Å². The molecule has 0 saturated carbocycles. The van der Waals surface area contributed by atoms with E-state index in [0.717, 1.165) is 65.3 Å². The predicted octanol–water partition coefficient (Wildman–Crippen LogP) is 9.58. The Labute approximate surface area is 263 Å². The summed E-state index contributed by atoms with van der Waals surface area (Å²) in [6.45, 7) is 0. The highest BCUT2D eigenvalue weighted by Gasteiger charge is 2.17. The van der Waals surface area contributed by atoms with Gasteiger partial charge in [0.1, 0.15) is 0 Å². The monoisotopic (exact) mass is 582 g/mol. The second kappa shape index (κ2) is 9.96. The molecule has 0 radical (unpaired) electrons. The first-order valence-corrected chi connectivity index (χ1v) is 15.1. The molecule has 0 bridgehead atoms. The normalized spacial score (nSPS) is 12.6. The van der Waals surface area contributed by atoms with Gasteiger partial charge in [-0.3, -0.25) is 0 Å². The van der Waals surface area contributed by atoms with E-state index in [1.54, 1.807) is 0 Å². The Morgan fingerprint density at radius 2 is 0.696 bits per heavy atom. The summed E-state index contributed by atoms with van der Waals surface area (Å²) in [4.78, 5) is 8.67. The van der Waals surface area contributed by atoms with Crippen molar-refractivity contribution in [1.82, 2.24) is 0 Å². The standard InChI is InChI=1S/C42H22N4/c43-23-45-41-37-19-31(29-11-9-25-5-1-3-7-27(25)17-29)13-15-33(37)35-21-36-34-16-14-32(30-12-10-26-6-2-4-8-28(26)18-30)20-38(34)42(46-24-44)40(36)22-39(35)41/h1-22H. The second-order valence-electron chi connectivity index (χ2n) is 11.7. The molecular weight excluding hydrogens is 560 g/mol. The van der Waals surface area contributed by atoms with Crippen molar-refractivity contribution in [2.24, 2.45) is 9.98 Å². The Balaban J connectivity index is 1.29. The summed E-state index contributed by atoms with van der Waals surface area (Å²) in [5, 5.41) is 33.3. The zero-order valence-electron chi connectivity index (χ0n) is 24.5. The minimum atomic E-state index is 0.641. The van der Waals surface area contributed by atoms with Gasteiger partial charge in [0.15, 0.2) is 0 Å². The Morgan fingerprint density at radius 1 is 0.326 bits per heavy atom. The van der Waals surface area contributed by atoms with E-state index in [1.165, 1.54) is 21.5 Å². The lowest BCUT2D eigenvalue weighted by atomic mass is 9.99. The average Bonchev–Trinajstić information content (AvgIpc) is 3.57. The number of nitriles is 2. The van der Waals surface area contributed by atoms with E-state index in [4.69, 9.17) is 0 Å². The smallest absolute Gasteiger partial charge is 0.172 e. The van der Waals surface area contributed by atoms with E-state index in [1.807, 2.05) is 24.5 Å². The number of hydrogen-bond acceptors (Lipinski definition) is 4. The Bertz CT molecular complexity index is 2740. The minimum Gasteiger partial charge on any atom is -0.172 e. The molecular formula is C42H22N4. The van der Waals surface area contributed by atoms with Gasteiger partial charge in [0.05, 0.1) is 10.7 Å². The number of benzene rings is 7. The average molecular weight is 583 g/mol. The molecule has 9 rings (SSSR count). The largest absolute Gasteiger partial charge is 0.206 e. The summed E-state index contributed by atoms with van der Waals surface area (Å²) >= 11 is 0. The SMILES string of the molecule is N#CN=c1c2cc(-c3ccc4ccccc4c3)ccc2c2cc3c(cc12)c(=NC#N)c1cc(-c2ccc4ccccc4c2)ccc13. The van der Waals surface area contributed by atoms with E-state index in [-0.39, 0.29) is 0 Å². The van der Waals surface area contributed by atoms with Crippen molar-refractivity contribution in [3.05, 3.63) is 144 Å². The molecule has 46 heavy (non-hydrogen) atoms. The Kier molecular flexibility index (Phi) is 5.59. The van der Waals surface area contributed by atoms with Crippen molar-refractivity contribution >= 4 is 64.6 Å². The highest BCUT2D eigenvalue weighted by atomic mass is 14.7. The third kappa shape index (κ3) is 3.85. The maximum atomic E-state index is 9.75. The summed E-state index contributed by atoms with van der Waals surface area (Å²) < 4.78 is 0. The van der Waals surface area contributed by atoms with Gasteiger partial charge in [-0.2, -0.15) is 20.5 Å². The zero-order valence-corrected chi connectivity index (χ0v) is 24.5. The first-order valence-electron chi connectivity index (χ1n) is 15.1. The summed E-state index contributed by atoms with van der Waals surface area (Å²) in [6.07, 6.45) is 4.08. The topological polar surface area (TPSA) is 72.3 Å². The predicted molar refractivity (Wildman–Crippen MR) is 187 cm³/mol. The Morgan fingerprint density at radius 3 is 1.15 bits per heavy atom. The lowest BCUT2D eigenvalue weighted by Gasteiger charge is -2.05. The quantitative estimate of drug-likeness (QED) is 0.190. The Hall–Kier alpha value is -6.62. The highest BCUT2D eigenvalue weighted by molar-refractivity contribution is 6.22. The highest BCUT2D eigenvalue weighted by Crippen LogP contribution is 2.36. The molecule has 0 aliphatic heterocycles. The van der Waals surface area contributed by atoms with Crippen LogP contribution in [0.2, 0.25) is 0 Å². The van der Waals surface area contributed by atoms with Crippen LogP contribution in [0.25, 0.3) is 86.9 Å². The molecule has 0 fully saturated rings. The van der Waals surface area contributed by atoms with Gasteiger partial charge in [0.2, 0.25) is 12.4 Å². The van der Waals surface area contributed by atoms with Gasteiger partial charge < -0.3 is 0 Å². The summed E-state index contributed by atoms with van der Waals surface area (Å²) in [5.41, 5.74) is 4.34. The van der Waals surface area contributed by atoms with E-state index in [2.05, 4.69) is 131 Å². The molecule has 0 aliphatic carbocycles. The van der Waals surface area contributed by atoms with Crippen LogP contribution in [0.1, 0.15) is 0 Å². The first-order chi connectivity index (χ1) is 22.7. The van der Waals surface area contributed by atoms with Crippen LogP contribution in [0, 0.1) is 22.9 Å². The first kappa shape index (κ1) is 25.8. The molecule has 0 aromatic heterocycles. The van der Waals surface area contributed by atoms with Crippen molar-refractivity contribution < 1.29 is 0 Å².